The molecule has 0 aliphatic rings. The average Bonchev–Trinajstić information content (AvgIpc) is 2.40. The minimum absolute atomic E-state index is 0.831. The van der Waals surface area contributed by atoms with E-state index in [-0.39, 0.29) is 0 Å². The van der Waals surface area contributed by atoms with Crippen LogP contribution < -0.4 is 4.43 Å². The molecule has 0 saturated heterocycles. The molecule has 0 aliphatic heterocycles. The Morgan fingerprint density at radius 3 is 2.30 bits per heavy atom. The zero-order chi connectivity index (χ0) is 14.8. The van der Waals surface area contributed by atoms with Crippen molar-refractivity contribution in [2.45, 2.75) is 65.5 Å². The molecule has 1 aromatic rings. The fraction of sp³-hybridized carbons (Fsp3) is 0.647. The third kappa shape index (κ3) is 7.11. The maximum atomic E-state index is 6.09. The topological polar surface area (TPSA) is 18.5 Å². The van der Waals surface area contributed by atoms with Gasteiger partial charge in [0, 0.05) is 6.61 Å². The highest BCUT2D eigenvalue weighted by atomic mass is 28.4. The van der Waals surface area contributed by atoms with Gasteiger partial charge in [-0.3, -0.25) is 0 Å². The van der Waals surface area contributed by atoms with Crippen LogP contribution in [0.3, 0.4) is 0 Å². The first kappa shape index (κ1) is 17.2. The van der Waals surface area contributed by atoms with Gasteiger partial charge in [0.1, 0.15) is 5.75 Å². The smallest absolute Gasteiger partial charge is 0.392 e. The van der Waals surface area contributed by atoms with Gasteiger partial charge < -0.3 is 8.85 Å². The summed E-state index contributed by atoms with van der Waals surface area (Å²) in [5.41, 5.74) is 1.18. The number of hydrogen-bond acceptors (Lipinski definition) is 2. The van der Waals surface area contributed by atoms with Gasteiger partial charge in [-0.25, -0.2) is 0 Å². The number of unbranched alkanes of at least 4 members (excludes halogenated alkanes) is 5. The van der Waals surface area contributed by atoms with E-state index in [1.807, 2.05) is 18.2 Å². The molecule has 0 N–H and O–H groups in total. The number of para-hydroxylation sites is 1. The maximum absolute atomic E-state index is 6.09. The molecule has 0 saturated carbocycles. The van der Waals surface area contributed by atoms with Crippen LogP contribution in [-0.4, -0.2) is 15.2 Å². The molecule has 0 radical (unpaired) electrons. The van der Waals surface area contributed by atoms with E-state index >= 15 is 0 Å². The minimum Gasteiger partial charge on any atom is -0.520 e. The standard InChI is InChI=1S/C17H30O2Si/c1-5-6-7-8-9-12-15-18-20(3,4)19-17-14-11-10-13-16(17)2/h10-11,13-14H,5-9,12,15H2,1-4H3. The van der Waals surface area contributed by atoms with Gasteiger partial charge in [0.2, 0.25) is 0 Å². The monoisotopic (exact) mass is 294 g/mol. The predicted octanol–water partition coefficient (Wildman–Crippen LogP) is 5.45. The van der Waals surface area contributed by atoms with Crippen molar-refractivity contribution in [3.8, 4) is 5.75 Å². The van der Waals surface area contributed by atoms with E-state index in [9.17, 15) is 0 Å². The number of benzene rings is 1. The summed E-state index contributed by atoms with van der Waals surface area (Å²) >= 11 is 0. The van der Waals surface area contributed by atoms with E-state index in [1.165, 1.54) is 37.7 Å². The molecule has 0 aliphatic carbocycles. The molecular weight excluding hydrogens is 264 g/mol. The normalized spacial score (nSPS) is 11.6. The van der Waals surface area contributed by atoms with Crippen LogP contribution in [-0.2, 0) is 4.43 Å². The molecular formula is C17H30O2Si. The summed E-state index contributed by atoms with van der Waals surface area (Å²) in [6, 6.07) is 8.15. The molecule has 0 spiro atoms. The Balaban J connectivity index is 2.23. The lowest BCUT2D eigenvalue weighted by atomic mass is 10.1. The Kier molecular flexibility index (Phi) is 7.93. The molecule has 0 fully saturated rings. The Morgan fingerprint density at radius 1 is 0.950 bits per heavy atom. The molecule has 0 amide bonds. The third-order valence-electron chi connectivity index (χ3n) is 3.40. The van der Waals surface area contributed by atoms with Gasteiger partial charge in [-0.2, -0.15) is 0 Å². The molecule has 0 unspecified atom stereocenters. The highest BCUT2D eigenvalue weighted by Gasteiger charge is 2.26. The SMILES string of the molecule is CCCCCCCCO[Si](C)(C)Oc1ccccc1C. The molecule has 1 aromatic carbocycles. The Labute approximate surface area is 125 Å². The third-order valence-corrected chi connectivity index (χ3v) is 5.01. The zero-order valence-corrected chi connectivity index (χ0v) is 14.6. The lowest BCUT2D eigenvalue weighted by molar-refractivity contribution is 0.240. The van der Waals surface area contributed by atoms with Gasteiger partial charge in [0.05, 0.1) is 0 Å². The summed E-state index contributed by atoms with van der Waals surface area (Å²) in [5.74, 6) is 0.965. The lowest BCUT2D eigenvalue weighted by Gasteiger charge is -2.24. The highest BCUT2D eigenvalue weighted by molar-refractivity contribution is 6.65. The summed E-state index contributed by atoms with van der Waals surface area (Å²) in [7, 11) is -2.05. The Bertz CT molecular complexity index is 377. The van der Waals surface area contributed by atoms with Crippen LogP contribution in [0.1, 0.15) is 51.0 Å². The van der Waals surface area contributed by atoms with Gasteiger partial charge >= 0.3 is 8.56 Å². The molecule has 0 atom stereocenters. The number of rotatable bonds is 10. The second-order valence-electron chi connectivity index (χ2n) is 5.88. The van der Waals surface area contributed by atoms with Crippen LogP contribution in [0.25, 0.3) is 0 Å². The first-order valence-electron chi connectivity index (χ1n) is 7.94. The molecule has 2 nitrogen and oxygen atoms in total. The van der Waals surface area contributed by atoms with E-state index in [0.717, 1.165) is 18.8 Å². The van der Waals surface area contributed by atoms with Crippen molar-refractivity contribution in [1.82, 2.24) is 0 Å². The summed E-state index contributed by atoms with van der Waals surface area (Å²) in [5, 5.41) is 0. The average molecular weight is 295 g/mol. The zero-order valence-electron chi connectivity index (χ0n) is 13.6. The van der Waals surface area contributed by atoms with Gasteiger partial charge in [0.15, 0.2) is 0 Å². The van der Waals surface area contributed by atoms with Crippen molar-refractivity contribution >= 4 is 8.56 Å². The molecule has 0 heterocycles. The van der Waals surface area contributed by atoms with Crippen LogP contribution in [0.2, 0.25) is 13.1 Å². The van der Waals surface area contributed by atoms with Crippen molar-refractivity contribution in [2.24, 2.45) is 0 Å². The van der Waals surface area contributed by atoms with Gasteiger partial charge in [-0.15, -0.1) is 0 Å². The van der Waals surface area contributed by atoms with E-state index in [1.54, 1.807) is 0 Å². The Hall–Kier alpha value is -0.803. The highest BCUT2D eigenvalue weighted by Crippen LogP contribution is 2.21. The maximum Gasteiger partial charge on any atom is 0.392 e. The van der Waals surface area contributed by atoms with Crippen LogP contribution in [0.5, 0.6) is 5.75 Å². The van der Waals surface area contributed by atoms with E-state index in [2.05, 4.69) is 33.0 Å². The van der Waals surface area contributed by atoms with Crippen molar-refractivity contribution < 1.29 is 8.85 Å². The molecule has 20 heavy (non-hydrogen) atoms. The molecule has 114 valence electrons. The van der Waals surface area contributed by atoms with E-state index in [0.29, 0.717) is 0 Å². The van der Waals surface area contributed by atoms with E-state index in [4.69, 9.17) is 8.85 Å². The molecule has 3 heteroatoms. The fourth-order valence-electron chi connectivity index (χ4n) is 2.17. The number of hydrogen-bond donors (Lipinski definition) is 0. The minimum atomic E-state index is -2.05. The summed E-state index contributed by atoms with van der Waals surface area (Å²) in [6.45, 7) is 9.40. The number of aryl methyl sites for hydroxylation is 1. The van der Waals surface area contributed by atoms with Crippen LogP contribution in [0.15, 0.2) is 24.3 Å². The van der Waals surface area contributed by atoms with Crippen molar-refractivity contribution in [3.63, 3.8) is 0 Å². The summed E-state index contributed by atoms with van der Waals surface area (Å²) < 4.78 is 12.1. The van der Waals surface area contributed by atoms with E-state index < -0.39 is 8.56 Å². The second-order valence-corrected chi connectivity index (χ2v) is 9.18. The van der Waals surface area contributed by atoms with Crippen molar-refractivity contribution in [3.05, 3.63) is 29.8 Å². The molecule has 1 rings (SSSR count). The van der Waals surface area contributed by atoms with Gasteiger partial charge in [-0.05, 0) is 38.1 Å². The van der Waals surface area contributed by atoms with Gasteiger partial charge in [-0.1, -0.05) is 57.2 Å². The lowest BCUT2D eigenvalue weighted by Crippen LogP contribution is -2.38. The largest absolute Gasteiger partial charge is 0.520 e. The van der Waals surface area contributed by atoms with Crippen LogP contribution in [0.4, 0.5) is 0 Å². The van der Waals surface area contributed by atoms with Crippen molar-refractivity contribution in [1.29, 1.82) is 0 Å². The quantitative estimate of drug-likeness (QED) is 0.422. The molecule has 0 aromatic heterocycles. The van der Waals surface area contributed by atoms with Gasteiger partial charge in [0.25, 0.3) is 0 Å². The molecule has 0 bridgehead atoms. The van der Waals surface area contributed by atoms with Crippen LogP contribution >= 0.6 is 0 Å². The fourth-order valence-corrected chi connectivity index (χ4v) is 3.62. The van der Waals surface area contributed by atoms with Crippen molar-refractivity contribution in [2.75, 3.05) is 6.61 Å². The Morgan fingerprint density at radius 2 is 1.60 bits per heavy atom. The first-order chi connectivity index (χ1) is 9.55. The predicted molar refractivity (Wildman–Crippen MR) is 88.6 cm³/mol. The van der Waals surface area contributed by atoms with Crippen LogP contribution in [0, 0.1) is 6.92 Å². The summed E-state index contributed by atoms with van der Waals surface area (Å²) in [6.07, 6.45) is 7.78. The second kappa shape index (κ2) is 9.19. The first-order valence-corrected chi connectivity index (χ1v) is 10.8. The summed E-state index contributed by atoms with van der Waals surface area (Å²) in [4.78, 5) is 0.